The summed E-state index contributed by atoms with van der Waals surface area (Å²) in [6, 6.07) is 16.1. The summed E-state index contributed by atoms with van der Waals surface area (Å²) in [5.74, 6) is 0.858. The Morgan fingerprint density at radius 3 is 2.43 bits per heavy atom. The molecule has 0 saturated carbocycles. The van der Waals surface area contributed by atoms with E-state index in [-0.39, 0.29) is 0 Å². The maximum Gasteiger partial charge on any atom is 0.143 e. The molecule has 2 aromatic carbocycles. The van der Waals surface area contributed by atoms with Gasteiger partial charge in [-0.3, -0.25) is 4.79 Å². The Hall–Kier alpha value is -2.55. The molecule has 0 unspecified atom stereocenters. The van der Waals surface area contributed by atoms with Gasteiger partial charge in [-0.1, -0.05) is 36.4 Å². The molecule has 0 aliphatic carbocycles. The summed E-state index contributed by atoms with van der Waals surface area (Å²) in [6.07, 6.45) is 4.90. The van der Waals surface area contributed by atoms with E-state index in [1.165, 1.54) is 12.8 Å². The molecule has 2 aromatic rings. The molecule has 118 valence electrons. The molecule has 3 heteroatoms. The van der Waals surface area contributed by atoms with Crippen LogP contribution >= 0.6 is 0 Å². The van der Waals surface area contributed by atoms with Crippen molar-refractivity contribution in [2.45, 2.75) is 12.8 Å². The number of hydrogen-bond donors (Lipinski definition) is 0. The summed E-state index contributed by atoms with van der Waals surface area (Å²) in [4.78, 5) is 13.4. The second kappa shape index (κ2) is 7.14. The van der Waals surface area contributed by atoms with Crippen LogP contribution in [0.2, 0.25) is 0 Å². The summed E-state index contributed by atoms with van der Waals surface area (Å²) < 4.78 is 5.61. The molecule has 1 saturated heterocycles. The number of methoxy groups -OCH3 is 1. The third-order valence-electron chi connectivity index (χ3n) is 4.26. The van der Waals surface area contributed by atoms with Gasteiger partial charge in [0.2, 0.25) is 0 Å². The number of carbonyl (C=O) groups excluding carboxylic acids is 1. The fraction of sp³-hybridized carbons (Fsp3) is 0.250. The summed E-state index contributed by atoms with van der Waals surface area (Å²) in [7, 11) is 1.70. The lowest BCUT2D eigenvalue weighted by molar-refractivity contribution is -0.104. The van der Waals surface area contributed by atoms with E-state index in [0.29, 0.717) is 0 Å². The van der Waals surface area contributed by atoms with Gasteiger partial charge in [0.25, 0.3) is 0 Å². The van der Waals surface area contributed by atoms with E-state index < -0.39 is 0 Å². The molecule has 3 rings (SSSR count). The lowest BCUT2D eigenvalue weighted by atomic mass is 9.97. The standard InChI is InChI=1S/C20H21NO2/c1-23-20-15-17(9-10-19(20)21-12-5-6-13-21)18(11-14-22)16-7-3-2-4-8-16/h2-4,7-11,14-15H,5-6,12-13H2,1H3. The van der Waals surface area contributed by atoms with Crippen LogP contribution < -0.4 is 9.64 Å². The van der Waals surface area contributed by atoms with Crippen molar-refractivity contribution in [2.24, 2.45) is 0 Å². The predicted octanol–water partition coefficient (Wildman–Crippen LogP) is 3.93. The van der Waals surface area contributed by atoms with Crippen molar-refractivity contribution in [1.82, 2.24) is 0 Å². The van der Waals surface area contributed by atoms with Crippen molar-refractivity contribution in [3.8, 4) is 5.75 Å². The first kappa shape index (κ1) is 15.3. The molecule has 0 radical (unpaired) electrons. The number of ether oxygens (including phenoxy) is 1. The normalized spacial score (nSPS) is 14.8. The molecule has 1 aliphatic rings. The van der Waals surface area contributed by atoms with Gasteiger partial charge in [-0.25, -0.2) is 0 Å². The van der Waals surface area contributed by atoms with E-state index in [0.717, 1.165) is 47.5 Å². The third-order valence-corrected chi connectivity index (χ3v) is 4.26. The Bertz CT molecular complexity index is 701. The summed E-state index contributed by atoms with van der Waals surface area (Å²) in [5.41, 5.74) is 4.05. The molecule has 1 heterocycles. The zero-order valence-electron chi connectivity index (χ0n) is 13.4. The smallest absolute Gasteiger partial charge is 0.143 e. The van der Waals surface area contributed by atoms with Gasteiger partial charge >= 0.3 is 0 Å². The number of anilines is 1. The Balaban J connectivity index is 2.01. The van der Waals surface area contributed by atoms with E-state index in [1.807, 2.05) is 36.4 Å². The zero-order valence-corrected chi connectivity index (χ0v) is 13.4. The van der Waals surface area contributed by atoms with E-state index >= 15 is 0 Å². The largest absolute Gasteiger partial charge is 0.495 e. The highest BCUT2D eigenvalue weighted by Gasteiger charge is 2.17. The monoisotopic (exact) mass is 307 g/mol. The minimum Gasteiger partial charge on any atom is -0.495 e. The molecule has 1 fully saturated rings. The van der Waals surface area contributed by atoms with Gasteiger partial charge in [-0.15, -0.1) is 0 Å². The van der Waals surface area contributed by atoms with Gasteiger partial charge in [0.15, 0.2) is 0 Å². The number of benzene rings is 2. The maximum absolute atomic E-state index is 11.1. The van der Waals surface area contributed by atoms with Gasteiger partial charge in [0.1, 0.15) is 12.0 Å². The second-order valence-corrected chi connectivity index (χ2v) is 5.66. The first-order valence-corrected chi connectivity index (χ1v) is 7.97. The number of allylic oxidation sites excluding steroid dienone is 1. The topological polar surface area (TPSA) is 29.5 Å². The summed E-state index contributed by atoms with van der Waals surface area (Å²) in [5, 5.41) is 0. The van der Waals surface area contributed by atoms with Crippen LogP contribution in [0.15, 0.2) is 54.6 Å². The van der Waals surface area contributed by atoms with Crippen LogP contribution in [0.4, 0.5) is 5.69 Å². The van der Waals surface area contributed by atoms with Gasteiger partial charge in [0, 0.05) is 13.1 Å². The van der Waals surface area contributed by atoms with E-state index in [1.54, 1.807) is 13.2 Å². The van der Waals surface area contributed by atoms with Crippen molar-refractivity contribution in [2.75, 3.05) is 25.1 Å². The lowest BCUT2D eigenvalue weighted by Crippen LogP contribution is -2.18. The summed E-state index contributed by atoms with van der Waals surface area (Å²) in [6.45, 7) is 2.15. The molecule has 1 aliphatic heterocycles. The first-order chi connectivity index (χ1) is 11.3. The fourth-order valence-corrected chi connectivity index (χ4v) is 3.11. The molecule has 0 N–H and O–H groups in total. The molecule has 0 amide bonds. The van der Waals surface area contributed by atoms with Crippen LogP contribution in [0.5, 0.6) is 5.75 Å². The zero-order chi connectivity index (χ0) is 16.1. The molecule has 0 bridgehead atoms. The molecule has 0 atom stereocenters. The van der Waals surface area contributed by atoms with Crippen molar-refractivity contribution in [1.29, 1.82) is 0 Å². The predicted molar refractivity (Wildman–Crippen MR) is 94.0 cm³/mol. The quantitative estimate of drug-likeness (QED) is 0.619. The first-order valence-electron chi connectivity index (χ1n) is 7.97. The number of carbonyl (C=O) groups is 1. The Kier molecular flexibility index (Phi) is 4.77. The van der Waals surface area contributed by atoms with Crippen molar-refractivity contribution >= 4 is 17.5 Å². The highest BCUT2D eigenvalue weighted by Crippen LogP contribution is 2.35. The minimum absolute atomic E-state index is 0.836. The van der Waals surface area contributed by atoms with Crippen LogP contribution in [0.25, 0.3) is 5.57 Å². The molecule has 0 aromatic heterocycles. The van der Waals surface area contributed by atoms with Crippen molar-refractivity contribution < 1.29 is 9.53 Å². The number of hydrogen-bond acceptors (Lipinski definition) is 3. The fourth-order valence-electron chi connectivity index (χ4n) is 3.11. The molecular weight excluding hydrogens is 286 g/mol. The summed E-state index contributed by atoms with van der Waals surface area (Å²) >= 11 is 0. The highest BCUT2D eigenvalue weighted by molar-refractivity contribution is 5.90. The number of nitrogens with zero attached hydrogens (tertiary/aromatic N) is 1. The Morgan fingerprint density at radius 1 is 1.04 bits per heavy atom. The van der Waals surface area contributed by atoms with Crippen LogP contribution in [-0.4, -0.2) is 26.5 Å². The van der Waals surface area contributed by atoms with Crippen LogP contribution in [-0.2, 0) is 4.79 Å². The second-order valence-electron chi connectivity index (χ2n) is 5.66. The van der Waals surface area contributed by atoms with Gasteiger partial charge in [0.05, 0.1) is 12.8 Å². The molecule has 3 nitrogen and oxygen atoms in total. The van der Waals surface area contributed by atoms with Crippen molar-refractivity contribution in [3.05, 3.63) is 65.7 Å². The SMILES string of the molecule is COc1cc(C(=CC=O)c2ccccc2)ccc1N1CCCC1. The van der Waals surface area contributed by atoms with E-state index in [2.05, 4.69) is 17.0 Å². The number of aldehydes is 1. The van der Waals surface area contributed by atoms with Gasteiger partial charge < -0.3 is 9.64 Å². The number of rotatable bonds is 5. The lowest BCUT2D eigenvalue weighted by Gasteiger charge is -2.21. The third kappa shape index (κ3) is 3.29. The average Bonchev–Trinajstić information content (AvgIpc) is 3.14. The molecular formula is C20H21NO2. The highest BCUT2D eigenvalue weighted by atomic mass is 16.5. The average molecular weight is 307 g/mol. The Morgan fingerprint density at radius 2 is 1.78 bits per heavy atom. The van der Waals surface area contributed by atoms with Gasteiger partial charge in [-0.05, 0) is 47.8 Å². The molecule has 0 spiro atoms. The minimum atomic E-state index is 0.836. The Labute approximate surface area is 137 Å². The van der Waals surface area contributed by atoms with Crippen molar-refractivity contribution in [3.63, 3.8) is 0 Å². The molecule has 23 heavy (non-hydrogen) atoms. The van der Waals surface area contributed by atoms with Gasteiger partial charge in [-0.2, -0.15) is 0 Å². The van der Waals surface area contributed by atoms with E-state index in [4.69, 9.17) is 4.74 Å². The van der Waals surface area contributed by atoms with Crippen LogP contribution in [0.1, 0.15) is 24.0 Å². The van der Waals surface area contributed by atoms with Crippen LogP contribution in [0, 0.1) is 0 Å². The maximum atomic E-state index is 11.1. The van der Waals surface area contributed by atoms with E-state index in [9.17, 15) is 4.79 Å². The van der Waals surface area contributed by atoms with Crippen LogP contribution in [0.3, 0.4) is 0 Å².